The van der Waals surface area contributed by atoms with Gasteiger partial charge in [-0.05, 0) is 30.9 Å². The Morgan fingerprint density at radius 1 is 1.19 bits per heavy atom. The second kappa shape index (κ2) is 8.05. The molecule has 7 heteroatoms. The lowest BCUT2D eigenvalue weighted by atomic mass is 10.2. The number of carbonyl (C=O) groups is 1. The third-order valence-corrected chi connectivity index (χ3v) is 6.42. The molecule has 0 radical (unpaired) electrons. The van der Waals surface area contributed by atoms with Crippen LogP contribution in [0.15, 0.2) is 47.5 Å². The van der Waals surface area contributed by atoms with Crippen molar-refractivity contribution in [1.29, 1.82) is 0 Å². The van der Waals surface area contributed by atoms with Gasteiger partial charge < -0.3 is 9.88 Å². The first-order valence-electron chi connectivity index (χ1n) is 9.04. The number of sulfonamides is 1. The highest BCUT2D eigenvalue weighted by molar-refractivity contribution is 7.89. The average Bonchev–Trinajstić information content (AvgIpc) is 3.34. The molecule has 1 aromatic heterocycles. The highest BCUT2D eigenvalue weighted by atomic mass is 32.2. The predicted octanol–water partition coefficient (Wildman–Crippen LogP) is 2.85. The summed E-state index contributed by atoms with van der Waals surface area (Å²) in [5.74, 6) is -0.131. The number of carbonyl (C=O) groups excluding carboxylic acids is 1. The first-order chi connectivity index (χ1) is 12.5. The van der Waals surface area contributed by atoms with Crippen LogP contribution in [0.1, 0.15) is 42.2 Å². The monoisotopic (exact) mass is 375 g/mol. The van der Waals surface area contributed by atoms with Crippen LogP contribution in [0.5, 0.6) is 0 Å². The summed E-state index contributed by atoms with van der Waals surface area (Å²) < 4.78 is 27.6. The molecule has 1 aliphatic rings. The van der Waals surface area contributed by atoms with Crippen LogP contribution in [0.4, 0.5) is 0 Å². The van der Waals surface area contributed by atoms with Crippen LogP contribution in [0.2, 0.25) is 0 Å². The minimum Gasteiger partial charge on any atom is -0.356 e. The predicted molar refractivity (Wildman–Crippen MR) is 100 cm³/mol. The molecule has 3 rings (SSSR count). The van der Waals surface area contributed by atoms with Crippen LogP contribution >= 0.6 is 0 Å². The van der Waals surface area contributed by atoms with Crippen molar-refractivity contribution in [3.05, 3.63) is 53.9 Å². The van der Waals surface area contributed by atoms with Gasteiger partial charge in [0.2, 0.25) is 10.0 Å². The fourth-order valence-corrected chi connectivity index (χ4v) is 4.72. The van der Waals surface area contributed by atoms with Crippen molar-refractivity contribution in [3.63, 3.8) is 0 Å². The van der Waals surface area contributed by atoms with Crippen LogP contribution in [-0.4, -0.2) is 48.1 Å². The number of nitrogens with one attached hydrogen (secondary N) is 1. The number of benzene rings is 1. The first-order valence-corrected chi connectivity index (χ1v) is 10.5. The Morgan fingerprint density at radius 3 is 2.54 bits per heavy atom. The van der Waals surface area contributed by atoms with E-state index in [1.807, 2.05) is 37.3 Å². The minimum absolute atomic E-state index is 0.131. The molecule has 0 aliphatic carbocycles. The molecule has 140 valence electrons. The van der Waals surface area contributed by atoms with Gasteiger partial charge in [0.25, 0.3) is 5.91 Å². The molecule has 1 saturated heterocycles. The van der Waals surface area contributed by atoms with Crippen LogP contribution in [0.25, 0.3) is 0 Å². The zero-order valence-corrected chi connectivity index (χ0v) is 15.8. The molecule has 1 N–H and O–H groups in total. The summed E-state index contributed by atoms with van der Waals surface area (Å²) in [5.41, 5.74) is 1.27. The van der Waals surface area contributed by atoms with Crippen LogP contribution < -0.4 is 0 Å². The van der Waals surface area contributed by atoms with E-state index in [1.165, 1.54) is 16.6 Å². The zero-order chi connectivity index (χ0) is 18.6. The van der Waals surface area contributed by atoms with E-state index < -0.39 is 10.0 Å². The summed E-state index contributed by atoms with van der Waals surface area (Å²) in [5, 5.41) is 0. The number of nitrogens with zero attached hydrogens (tertiary/aromatic N) is 2. The Labute approximate surface area is 154 Å². The molecular formula is C19H25N3O3S. The Balaban J connectivity index is 1.82. The molecule has 1 fully saturated rings. The van der Waals surface area contributed by atoms with Crippen molar-refractivity contribution >= 4 is 15.9 Å². The van der Waals surface area contributed by atoms with Gasteiger partial charge in [0.15, 0.2) is 0 Å². The lowest BCUT2D eigenvalue weighted by Crippen LogP contribution is -2.31. The van der Waals surface area contributed by atoms with Gasteiger partial charge in [0.1, 0.15) is 10.6 Å². The molecule has 1 amide bonds. The summed E-state index contributed by atoms with van der Waals surface area (Å²) in [7, 11) is -3.67. The number of likely N-dealkylation sites (tertiary alicyclic amines) is 1. The van der Waals surface area contributed by atoms with Crippen molar-refractivity contribution in [2.45, 2.75) is 37.6 Å². The summed E-state index contributed by atoms with van der Waals surface area (Å²) >= 11 is 0. The summed E-state index contributed by atoms with van der Waals surface area (Å²) in [4.78, 5) is 17.2. The maximum absolute atomic E-state index is 13.1. The number of hydrogen-bond donors (Lipinski definition) is 1. The van der Waals surface area contributed by atoms with Crippen LogP contribution in [0, 0.1) is 0 Å². The van der Waals surface area contributed by atoms with Gasteiger partial charge >= 0.3 is 0 Å². The maximum Gasteiger partial charge on any atom is 0.270 e. The summed E-state index contributed by atoms with van der Waals surface area (Å²) in [6.45, 7) is 4.16. The van der Waals surface area contributed by atoms with E-state index in [-0.39, 0.29) is 10.8 Å². The number of H-pyrrole nitrogens is 1. The first kappa shape index (κ1) is 18.7. The number of rotatable bonds is 7. The molecule has 26 heavy (non-hydrogen) atoms. The Hall–Kier alpha value is -2.12. The smallest absolute Gasteiger partial charge is 0.270 e. The normalized spacial score (nSPS) is 14.9. The fourth-order valence-electron chi connectivity index (χ4n) is 3.21. The molecule has 0 saturated carbocycles. The zero-order valence-electron chi connectivity index (χ0n) is 15.0. The van der Waals surface area contributed by atoms with Crippen LogP contribution in [-0.2, 0) is 16.6 Å². The molecule has 0 unspecified atom stereocenters. The lowest BCUT2D eigenvalue weighted by molar-refractivity contribution is 0.0787. The number of aromatic amines is 1. The van der Waals surface area contributed by atoms with Gasteiger partial charge in [0, 0.05) is 32.4 Å². The van der Waals surface area contributed by atoms with E-state index in [1.54, 1.807) is 4.90 Å². The van der Waals surface area contributed by atoms with E-state index >= 15 is 0 Å². The van der Waals surface area contributed by atoms with Gasteiger partial charge in [-0.25, -0.2) is 8.42 Å². The second-order valence-electron chi connectivity index (χ2n) is 6.57. The third-order valence-electron chi connectivity index (χ3n) is 4.59. The van der Waals surface area contributed by atoms with E-state index in [0.717, 1.165) is 37.9 Å². The molecule has 0 spiro atoms. The van der Waals surface area contributed by atoms with Gasteiger partial charge in [-0.3, -0.25) is 4.79 Å². The SMILES string of the molecule is CCCN(Cc1ccccc1)S(=O)(=O)c1c[nH]c(C(=O)N2CCCC2)c1. The Morgan fingerprint density at radius 2 is 1.88 bits per heavy atom. The Kier molecular flexibility index (Phi) is 5.78. The minimum atomic E-state index is -3.67. The Bertz CT molecular complexity index is 840. The molecule has 2 aromatic rings. The standard InChI is InChI=1S/C19H25N3O3S/c1-2-10-22(15-16-8-4-3-5-9-16)26(24,25)17-13-18(20-14-17)19(23)21-11-6-7-12-21/h3-5,8-9,13-14,20H,2,6-7,10-12,15H2,1H3. The quantitative estimate of drug-likeness (QED) is 0.809. The van der Waals surface area contributed by atoms with Gasteiger partial charge in [-0.1, -0.05) is 37.3 Å². The topological polar surface area (TPSA) is 73.5 Å². The van der Waals surface area contributed by atoms with Gasteiger partial charge in [0.05, 0.1) is 0 Å². The molecule has 0 atom stereocenters. The summed E-state index contributed by atoms with van der Waals surface area (Å²) in [6, 6.07) is 11.0. The number of amides is 1. The number of hydrogen-bond acceptors (Lipinski definition) is 3. The van der Waals surface area contributed by atoms with Crippen LogP contribution in [0.3, 0.4) is 0 Å². The van der Waals surface area contributed by atoms with Gasteiger partial charge in [-0.2, -0.15) is 4.31 Å². The number of aromatic nitrogens is 1. The molecule has 6 nitrogen and oxygen atoms in total. The fraction of sp³-hybridized carbons (Fsp3) is 0.421. The highest BCUT2D eigenvalue weighted by Crippen LogP contribution is 2.21. The molecular weight excluding hydrogens is 350 g/mol. The average molecular weight is 375 g/mol. The van der Waals surface area contributed by atoms with Gasteiger partial charge in [-0.15, -0.1) is 0 Å². The second-order valence-corrected chi connectivity index (χ2v) is 8.51. The van der Waals surface area contributed by atoms with Crippen molar-refractivity contribution in [2.75, 3.05) is 19.6 Å². The lowest BCUT2D eigenvalue weighted by Gasteiger charge is -2.21. The van der Waals surface area contributed by atoms with E-state index in [4.69, 9.17) is 0 Å². The molecule has 1 aliphatic heterocycles. The molecule has 1 aromatic carbocycles. The van der Waals surface area contributed by atoms with E-state index in [0.29, 0.717) is 18.8 Å². The highest BCUT2D eigenvalue weighted by Gasteiger charge is 2.27. The third kappa shape index (κ3) is 3.99. The largest absolute Gasteiger partial charge is 0.356 e. The van der Waals surface area contributed by atoms with Crippen molar-refractivity contribution in [1.82, 2.24) is 14.2 Å². The maximum atomic E-state index is 13.1. The van der Waals surface area contributed by atoms with E-state index in [2.05, 4.69) is 4.98 Å². The molecule has 2 heterocycles. The summed E-state index contributed by atoms with van der Waals surface area (Å²) in [6.07, 6.45) is 4.14. The van der Waals surface area contributed by atoms with E-state index in [9.17, 15) is 13.2 Å². The molecule has 0 bridgehead atoms. The van der Waals surface area contributed by atoms with Crippen molar-refractivity contribution in [3.8, 4) is 0 Å². The van der Waals surface area contributed by atoms with Crippen molar-refractivity contribution < 1.29 is 13.2 Å². The van der Waals surface area contributed by atoms with Crippen molar-refractivity contribution in [2.24, 2.45) is 0 Å².